The molecule has 3 atom stereocenters. The van der Waals surface area contributed by atoms with Gasteiger partial charge in [-0.3, -0.25) is 9.58 Å². The van der Waals surface area contributed by atoms with Crippen molar-refractivity contribution in [2.75, 3.05) is 37.7 Å². The molecule has 5 heterocycles. The molecule has 8 nitrogen and oxygen atoms in total. The van der Waals surface area contributed by atoms with Gasteiger partial charge in [-0.15, -0.1) is 0 Å². The molecule has 8 heteroatoms. The third-order valence-corrected chi connectivity index (χ3v) is 8.21. The minimum atomic E-state index is -0.455. The van der Waals surface area contributed by atoms with Gasteiger partial charge in [-0.2, -0.15) is 5.10 Å². The van der Waals surface area contributed by atoms with Gasteiger partial charge in [-0.05, 0) is 73.6 Å². The summed E-state index contributed by atoms with van der Waals surface area (Å²) in [5, 5.41) is 5.12. The number of amides is 1. The molecule has 1 aromatic heterocycles. The normalized spacial score (nSPS) is 30.2. The summed E-state index contributed by atoms with van der Waals surface area (Å²) in [4.78, 5) is 19.5. The second-order valence-corrected chi connectivity index (χ2v) is 12.4. The molecule has 1 unspecified atom stereocenters. The first-order valence-corrected chi connectivity index (χ1v) is 13.2. The van der Waals surface area contributed by atoms with Gasteiger partial charge in [0.05, 0.1) is 18.8 Å². The second kappa shape index (κ2) is 8.70. The van der Waals surface area contributed by atoms with Crippen LogP contribution in [0, 0.1) is 6.92 Å². The Morgan fingerprint density at radius 3 is 2.41 bits per heavy atom. The summed E-state index contributed by atoms with van der Waals surface area (Å²) in [5.74, 6) is 1.10. The third kappa shape index (κ3) is 4.68. The van der Waals surface area contributed by atoms with E-state index in [2.05, 4.69) is 41.3 Å². The van der Waals surface area contributed by atoms with Gasteiger partial charge < -0.3 is 19.3 Å². The SMILES string of the molecule is Cc1cc(N2CCC(N3C[C@@H]4C[C@H]3CO4)CC2(C)C)nn1C1CCN(C(=O)OC(C)(C)C)CC1. The van der Waals surface area contributed by atoms with Crippen LogP contribution < -0.4 is 4.90 Å². The standard InChI is InChI=1S/C26H43N5O3/c1-18-13-23(27-31(18)19-7-10-28(11-8-19)24(32)34-25(2,3)4)30-12-9-20(15-26(30,5)6)29-16-22-14-21(29)17-33-22/h13,19-22H,7-12,14-17H2,1-6H3/t20?,21-,22-/m0/s1. The minimum Gasteiger partial charge on any atom is -0.444 e. The van der Waals surface area contributed by atoms with E-state index in [9.17, 15) is 4.79 Å². The number of carbonyl (C=O) groups is 1. The number of anilines is 1. The lowest BCUT2D eigenvalue weighted by atomic mass is 9.85. The maximum absolute atomic E-state index is 12.4. The fourth-order valence-electron chi connectivity index (χ4n) is 6.55. The zero-order valence-electron chi connectivity index (χ0n) is 21.9. The van der Waals surface area contributed by atoms with E-state index in [0.29, 0.717) is 37.3 Å². The summed E-state index contributed by atoms with van der Waals surface area (Å²) in [5.41, 5.74) is 0.818. The van der Waals surface area contributed by atoms with Crippen LogP contribution in [0.25, 0.3) is 0 Å². The van der Waals surface area contributed by atoms with E-state index in [4.69, 9.17) is 14.6 Å². The molecule has 0 radical (unpaired) electrons. The van der Waals surface area contributed by atoms with Crippen LogP contribution in [0.1, 0.15) is 78.5 Å². The first kappa shape index (κ1) is 23.9. The summed E-state index contributed by atoms with van der Waals surface area (Å²) in [6.45, 7) is 17.2. The zero-order valence-corrected chi connectivity index (χ0v) is 21.9. The Morgan fingerprint density at radius 1 is 1.12 bits per heavy atom. The maximum atomic E-state index is 12.4. The molecule has 0 aliphatic carbocycles. The molecule has 1 aromatic rings. The van der Waals surface area contributed by atoms with Crippen molar-refractivity contribution in [3.8, 4) is 0 Å². The number of hydrogen-bond acceptors (Lipinski definition) is 6. The highest BCUT2D eigenvalue weighted by Crippen LogP contribution is 2.39. The lowest BCUT2D eigenvalue weighted by Gasteiger charge is -2.49. The Labute approximate surface area is 204 Å². The Hall–Kier alpha value is -1.80. The van der Waals surface area contributed by atoms with E-state index in [1.54, 1.807) is 0 Å². The Bertz CT molecular complexity index is 899. The number of nitrogens with zero attached hydrogens (tertiary/aromatic N) is 5. The molecule has 190 valence electrons. The summed E-state index contributed by atoms with van der Waals surface area (Å²) in [6, 6.07) is 3.86. The Morgan fingerprint density at radius 2 is 1.82 bits per heavy atom. The van der Waals surface area contributed by atoms with Crippen LogP contribution in [0.4, 0.5) is 10.6 Å². The fourth-order valence-corrected chi connectivity index (χ4v) is 6.55. The van der Waals surface area contributed by atoms with Crippen molar-refractivity contribution in [1.29, 1.82) is 0 Å². The predicted molar refractivity (Wildman–Crippen MR) is 132 cm³/mol. The van der Waals surface area contributed by atoms with Crippen LogP contribution in [0.2, 0.25) is 0 Å². The number of likely N-dealkylation sites (tertiary alicyclic amines) is 2. The van der Waals surface area contributed by atoms with Gasteiger partial charge in [-0.1, -0.05) is 0 Å². The minimum absolute atomic E-state index is 0.0668. The molecule has 2 bridgehead atoms. The molecule has 0 spiro atoms. The highest BCUT2D eigenvalue weighted by atomic mass is 16.6. The zero-order chi connectivity index (χ0) is 24.3. The number of carbonyl (C=O) groups excluding carboxylic acids is 1. The molecule has 1 amide bonds. The molecule has 0 aromatic carbocycles. The van der Waals surface area contributed by atoms with Crippen molar-refractivity contribution in [1.82, 2.24) is 19.6 Å². The van der Waals surface area contributed by atoms with Crippen LogP contribution in [0.15, 0.2) is 6.07 Å². The average molecular weight is 474 g/mol. The van der Waals surface area contributed by atoms with Gasteiger partial charge in [0.25, 0.3) is 0 Å². The molecule has 5 rings (SSSR count). The van der Waals surface area contributed by atoms with Crippen molar-refractivity contribution in [3.63, 3.8) is 0 Å². The van der Waals surface area contributed by atoms with E-state index in [1.807, 2.05) is 25.7 Å². The molecule has 4 aliphatic rings. The molecule has 0 saturated carbocycles. The third-order valence-electron chi connectivity index (χ3n) is 8.21. The summed E-state index contributed by atoms with van der Waals surface area (Å²) < 4.78 is 13.6. The number of aromatic nitrogens is 2. The number of hydrogen-bond donors (Lipinski definition) is 0. The van der Waals surface area contributed by atoms with Crippen LogP contribution >= 0.6 is 0 Å². The van der Waals surface area contributed by atoms with E-state index in [-0.39, 0.29) is 11.6 Å². The number of aryl methyl sites for hydroxylation is 1. The molecule has 4 fully saturated rings. The van der Waals surface area contributed by atoms with E-state index in [1.165, 1.54) is 18.5 Å². The van der Waals surface area contributed by atoms with Crippen LogP contribution in [0.3, 0.4) is 0 Å². The highest BCUT2D eigenvalue weighted by molar-refractivity contribution is 5.68. The first-order chi connectivity index (χ1) is 16.0. The molecule has 4 aliphatic heterocycles. The van der Waals surface area contributed by atoms with Crippen molar-refractivity contribution < 1.29 is 14.3 Å². The van der Waals surface area contributed by atoms with Crippen molar-refractivity contribution >= 4 is 11.9 Å². The van der Waals surface area contributed by atoms with Crippen LogP contribution in [-0.2, 0) is 9.47 Å². The predicted octanol–water partition coefficient (Wildman–Crippen LogP) is 3.98. The van der Waals surface area contributed by atoms with Gasteiger partial charge in [0.15, 0.2) is 5.82 Å². The molecular formula is C26H43N5O3. The Balaban J connectivity index is 1.21. The lowest BCUT2D eigenvalue weighted by Crippen LogP contribution is -2.57. The van der Waals surface area contributed by atoms with Gasteiger partial charge in [0, 0.05) is 55.6 Å². The lowest BCUT2D eigenvalue weighted by molar-refractivity contribution is 0.000134. The fraction of sp³-hybridized carbons (Fsp3) is 0.846. The highest BCUT2D eigenvalue weighted by Gasteiger charge is 2.46. The maximum Gasteiger partial charge on any atom is 0.410 e. The van der Waals surface area contributed by atoms with Gasteiger partial charge in [0.1, 0.15) is 5.60 Å². The average Bonchev–Trinajstić information content (AvgIpc) is 3.48. The van der Waals surface area contributed by atoms with Crippen LogP contribution in [0.5, 0.6) is 0 Å². The number of fused-ring (bicyclic) bond motifs is 2. The molecule has 4 saturated heterocycles. The van der Waals surface area contributed by atoms with E-state index >= 15 is 0 Å². The Kier molecular flexibility index (Phi) is 6.12. The van der Waals surface area contributed by atoms with Crippen molar-refractivity contribution in [2.24, 2.45) is 0 Å². The van der Waals surface area contributed by atoms with Crippen molar-refractivity contribution in [3.05, 3.63) is 11.8 Å². The number of piperidine rings is 2. The summed E-state index contributed by atoms with van der Waals surface area (Å²) in [7, 11) is 0. The summed E-state index contributed by atoms with van der Waals surface area (Å²) in [6.07, 6.45) is 5.65. The molecule has 0 N–H and O–H groups in total. The van der Waals surface area contributed by atoms with Gasteiger partial charge >= 0.3 is 6.09 Å². The molecular weight excluding hydrogens is 430 g/mol. The topological polar surface area (TPSA) is 63.1 Å². The quantitative estimate of drug-likeness (QED) is 0.662. The first-order valence-electron chi connectivity index (χ1n) is 13.2. The number of morpholine rings is 1. The molecule has 34 heavy (non-hydrogen) atoms. The monoisotopic (exact) mass is 473 g/mol. The number of ether oxygens (including phenoxy) is 2. The van der Waals surface area contributed by atoms with E-state index < -0.39 is 5.60 Å². The number of rotatable bonds is 3. The smallest absolute Gasteiger partial charge is 0.410 e. The second-order valence-electron chi connectivity index (χ2n) is 12.4. The van der Waals surface area contributed by atoms with Crippen LogP contribution in [-0.4, -0.2) is 87.8 Å². The van der Waals surface area contributed by atoms with Crippen molar-refractivity contribution in [2.45, 2.75) is 109 Å². The summed E-state index contributed by atoms with van der Waals surface area (Å²) >= 11 is 0. The van der Waals surface area contributed by atoms with Gasteiger partial charge in [-0.25, -0.2) is 4.79 Å². The van der Waals surface area contributed by atoms with Gasteiger partial charge in [0.2, 0.25) is 0 Å². The van der Waals surface area contributed by atoms with E-state index in [0.717, 1.165) is 44.8 Å². The largest absolute Gasteiger partial charge is 0.444 e.